The van der Waals surface area contributed by atoms with E-state index in [-0.39, 0.29) is 42.7 Å². The number of nitrogens with zero attached hydrogens (tertiary/aromatic N) is 2. The molecule has 0 unspecified atom stereocenters. The van der Waals surface area contributed by atoms with E-state index < -0.39 is 6.04 Å². The van der Waals surface area contributed by atoms with Crippen LogP contribution in [0.4, 0.5) is 5.69 Å². The number of aromatic nitrogens is 2. The molecule has 25 heavy (non-hydrogen) atoms. The van der Waals surface area contributed by atoms with Crippen LogP contribution >= 0.6 is 12.4 Å². The number of nitrogens with two attached hydrogens (primary N) is 1. The topological polar surface area (TPSA) is 102 Å². The number of amides is 2. The van der Waals surface area contributed by atoms with E-state index >= 15 is 0 Å². The van der Waals surface area contributed by atoms with Gasteiger partial charge in [-0.05, 0) is 38.0 Å². The van der Waals surface area contributed by atoms with Crippen molar-refractivity contribution in [2.75, 3.05) is 11.9 Å². The van der Waals surface area contributed by atoms with Crippen molar-refractivity contribution < 1.29 is 9.59 Å². The third-order valence-electron chi connectivity index (χ3n) is 3.78. The van der Waals surface area contributed by atoms with E-state index in [1.54, 1.807) is 6.07 Å². The minimum Gasteiger partial charge on any atom is -0.346 e. The lowest BCUT2D eigenvalue weighted by Gasteiger charge is -2.15. The van der Waals surface area contributed by atoms with E-state index in [1.165, 1.54) is 0 Å². The summed E-state index contributed by atoms with van der Waals surface area (Å²) in [6, 6.07) is 5.17. The Kier molecular flexibility index (Phi) is 7.38. The number of carbonyl (C=O) groups is 2. The molecule has 0 bridgehead atoms. The highest BCUT2D eigenvalue weighted by Crippen LogP contribution is 2.19. The van der Waals surface area contributed by atoms with Crippen LogP contribution < -0.4 is 16.4 Å². The minimum atomic E-state index is -0.615. The summed E-state index contributed by atoms with van der Waals surface area (Å²) in [7, 11) is 0. The van der Waals surface area contributed by atoms with Gasteiger partial charge in [-0.25, -0.2) is 0 Å². The van der Waals surface area contributed by atoms with Crippen molar-refractivity contribution in [2.45, 2.75) is 39.8 Å². The molecule has 2 aromatic rings. The molecule has 2 amide bonds. The molecule has 0 aliphatic heterocycles. The van der Waals surface area contributed by atoms with Gasteiger partial charge in [0.1, 0.15) is 0 Å². The molecular weight excluding hydrogens is 342 g/mol. The van der Waals surface area contributed by atoms with Gasteiger partial charge in [0.05, 0.1) is 18.1 Å². The fourth-order valence-corrected chi connectivity index (χ4v) is 2.18. The maximum Gasteiger partial charge on any atom is 0.243 e. The molecule has 0 saturated heterocycles. The molecule has 0 fully saturated rings. The molecular formula is C17H26ClN5O2. The Morgan fingerprint density at radius 3 is 2.52 bits per heavy atom. The van der Waals surface area contributed by atoms with Crippen molar-refractivity contribution in [3.8, 4) is 0 Å². The van der Waals surface area contributed by atoms with Gasteiger partial charge in [0.25, 0.3) is 0 Å². The van der Waals surface area contributed by atoms with Gasteiger partial charge < -0.3 is 16.4 Å². The molecule has 1 heterocycles. The van der Waals surface area contributed by atoms with Crippen LogP contribution in [0.2, 0.25) is 0 Å². The van der Waals surface area contributed by atoms with Gasteiger partial charge in [-0.1, -0.05) is 13.8 Å². The van der Waals surface area contributed by atoms with E-state index in [0.717, 1.165) is 10.9 Å². The zero-order valence-corrected chi connectivity index (χ0v) is 15.8. The van der Waals surface area contributed by atoms with Crippen LogP contribution in [0.15, 0.2) is 24.4 Å². The van der Waals surface area contributed by atoms with E-state index in [1.807, 2.05) is 36.9 Å². The number of halogens is 1. The lowest BCUT2D eigenvalue weighted by atomic mass is 10.1. The van der Waals surface area contributed by atoms with Gasteiger partial charge in [-0.2, -0.15) is 5.10 Å². The number of rotatable bonds is 6. The lowest BCUT2D eigenvalue weighted by Crippen LogP contribution is -2.46. The van der Waals surface area contributed by atoms with Gasteiger partial charge in [0.15, 0.2) is 0 Å². The first kappa shape index (κ1) is 20.9. The molecule has 0 spiro atoms. The van der Waals surface area contributed by atoms with E-state index in [0.29, 0.717) is 5.69 Å². The second kappa shape index (κ2) is 8.82. The standard InChI is InChI=1S/C17H25N5O2.ClH/c1-10(2)16(18)17(24)19-8-15(23)20-13-5-6-14-12(7-13)9-22(21-14)11(3)4;/h5-7,9-11,16H,8,18H2,1-4H3,(H,19,24)(H,20,23);1H/t16-;/m0./s1. The van der Waals surface area contributed by atoms with Crippen molar-refractivity contribution in [2.24, 2.45) is 11.7 Å². The second-order valence-corrected chi connectivity index (χ2v) is 6.51. The average Bonchev–Trinajstić information content (AvgIpc) is 2.95. The van der Waals surface area contributed by atoms with Gasteiger partial charge in [0.2, 0.25) is 11.8 Å². The van der Waals surface area contributed by atoms with Crippen molar-refractivity contribution in [1.82, 2.24) is 15.1 Å². The van der Waals surface area contributed by atoms with Crippen LogP contribution in [-0.2, 0) is 9.59 Å². The Morgan fingerprint density at radius 1 is 1.24 bits per heavy atom. The number of hydrogen-bond acceptors (Lipinski definition) is 4. The third kappa shape index (κ3) is 5.44. The molecule has 1 aromatic carbocycles. The number of hydrogen-bond donors (Lipinski definition) is 3. The van der Waals surface area contributed by atoms with Gasteiger partial charge >= 0.3 is 0 Å². The molecule has 4 N–H and O–H groups in total. The molecule has 0 saturated carbocycles. The van der Waals surface area contributed by atoms with Crippen LogP contribution in [-0.4, -0.2) is 34.2 Å². The Morgan fingerprint density at radius 2 is 1.92 bits per heavy atom. The number of benzene rings is 1. The molecule has 0 aliphatic rings. The van der Waals surface area contributed by atoms with Crippen molar-refractivity contribution in [1.29, 1.82) is 0 Å². The van der Waals surface area contributed by atoms with Crippen LogP contribution in [0.5, 0.6) is 0 Å². The molecule has 0 radical (unpaired) electrons. The monoisotopic (exact) mass is 367 g/mol. The first-order valence-corrected chi connectivity index (χ1v) is 8.10. The number of fused-ring (bicyclic) bond motifs is 1. The minimum absolute atomic E-state index is 0. The van der Waals surface area contributed by atoms with Gasteiger partial charge in [0, 0.05) is 23.3 Å². The van der Waals surface area contributed by atoms with Crippen molar-refractivity contribution in [3.05, 3.63) is 24.4 Å². The summed E-state index contributed by atoms with van der Waals surface area (Å²) < 4.78 is 1.88. The summed E-state index contributed by atoms with van der Waals surface area (Å²) in [6.07, 6.45) is 1.94. The molecule has 1 aromatic heterocycles. The van der Waals surface area contributed by atoms with Crippen LogP contribution in [0.25, 0.3) is 10.9 Å². The smallest absolute Gasteiger partial charge is 0.243 e. The second-order valence-electron chi connectivity index (χ2n) is 6.51. The average molecular weight is 368 g/mol. The Balaban J connectivity index is 0.00000312. The highest BCUT2D eigenvalue weighted by Gasteiger charge is 2.17. The number of anilines is 1. The van der Waals surface area contributed by atoms with Crippen molar-refractivity contribution in [3.63, 3.8) is 0 Å². The van der Waals surface area contributed by atoms with E-state index in [4.69, 9.17) is 5.73 Å². The first-order chi connectivity index (χ1) is 11.3. The van der Waals surface area contributed by atoms with Crippen LogP contribution in [0, 0.1) is 5.92 Å². The predicted molar refractivity (Wildman–Crippen MR) is 102 cm³/mol. The summed E-state index contributed by atoms with van der Waals surface area (Å²) in [5.41, 5.74) is 7.27. The van der Waals surface area contributed by atoms with Crippen LogP contribution in [0.1, 0.15) is 33.7 Å². The Bertz CT molecular complexity index is 742. The highest BCUT2D eigenvalue weighted by atomic mass is 35.5. The summed E-state index contributed by atoms with van der Waals surface area (Å²) in [5, 5.41) is 10.7. The summed E-state index contributed by atoms with van der Waals surface area (Å²) >= 11 is 0. The maximum absolute atomic E-state index is 12.0. The zero-order chi connectivity index (χ0) is 17.9. The Hall–Kier alpha value is -2.12. The SMILES string of the molecule is CC(C)[C@H](N)C(=O)NCC(=O)Nc1ccc2nn(C(C)C)cc2c1.Cl. The van der Waals surface area contributed by atoms with E-state index in [9.17, 15) is 9.59 Å². The summed E-state index contributed by atoms with van der Waals surface area (Å²) in [5.74, 6) is -0.600. The van der Waals surface area contributed by atoms with E-state index in [2.05, 4.69) is 29.6 Å². The highest BCUT2D eigenvalue weighted by molar-refractivity contribution is 5.96. The number of carbonyl (C=O) groups excluding carboxylic acids is 2. The lowest BCUT2D eigenvalue weighted by molar-refractivity contribution is -0.125. The number of nitrogens with one attached hydrogen (secondary N) is 2. The quantitative estimate of drug-likeness (QED) is 0.727. The summed E-state index contributed by atoms with van der Waals surface area (Å²) in [6.45, 7) is 7.72. The molecule has 1 atom stereocenters. The van der Waals surface area contributed by atoms with Crippen molar-refractivity contribution >= 4 is 40.8 Å². The Labute approximate surface area is 153 Å². The molecule has 138 valence electrons. The predicted octanol–water partition coefficient (Wildman–Crippen LogP) is 2.08. The molecule has 0 aliphatic carbocycles. The maximum atomic E-state index is 12.0. The molecule has 8 heteroatoms. The summed E-state index contributed by atoms with van der Waals surface area (Å²) in [4.78, 5) is 23.7. The van der Waals surface area contributed by atoms with Gasteiger partial charge in [-0.15, -0.1) is 12.4 Å². The normalized spacial score (nSPS) is 12.1. The fraction of sp³-hybridized carbons (Fsp3) is 0.471. The van der Waals surface area contributed by atoms with Gasteiger partial charge in [-0.3, -0.25) is 14.3 Å². The zero-order valence-electron chi connectivity index (χ0n) is 14.9. The van der Waals surface area contributed by atoms with Crippen LogP contribution in [0.3, 0.4) is 0 Å². The fourth-order valence-electron chi connectivity index (χ4n) is 2.18. The largest absolute Gasteiger partial charge is 0.346 e. The third-order valence-corrected chi connectivity index (χ3v) is 3.78. The first-order valence-electron chi connectivity index (χ1n) is 8.10. The molecule has 7 nitrogen and oxygen atoms in total. The molecule has 2 rings (SSSR count).